The topological polar surface area (TPSA) is 30.0 Å². The maximum Gasteiger partial charge on any atom is 0.181 e. The molecule has 68 valence electrons. The highest BCUT2D eigenvalue weighted by Gasteiger charge is 2.05. The predicted molar refractivity (Wildman–Crippen MR) is 56.7 cm³/mol. The molecule has 2 nitrogen and oxygen atoms in total. The van der Waals surface area contributed by atoms with Gasteiger partial charge in [0, 0.05) is 6.26 Å². The van der Waals surface area contributed by atoms with Crippen LogP contribution in [-0.2, 0) is 10.8 Å². The third kappa shape index (κ3) is 1.64. The minimum absolute atomic E-state index is 0.709. The molecule has 0 spiro atoms. The van der Waals surface area contributed by atoms with Gasteiger partial charge in [0.1, 0.15) is 0 Å². The van der Waals surface area contributed by atoms with E-state index in [-0.39, 0.29) is 0 Å². The Morgan fingerprint density at radius 2 is 2.23 bits per heavy atom. The maximum absolute atomic E-state index is 11.2. The van der Waals surface area contributed by atoms with Gasteiger partial charge in [-0.2, -0.15) is 0 Å². The van der Waals surface area contributed by atoms with Gasteiger partial charge in [-0.05, 0) is 24.6 Å². The molecule has 1 heterocycles. The Labute approximate surface area is 83.1 Å². The Bertz CT molecular complexity index is 475. The lowest BCUT2D eigenvalue weighted by atomic mass is 10.2. The molecule has 2 rings (SSSR count). The van der Waals surface area contributed by atoms with E-state index in [0.29, 0.717) is 4.34 Å². The summed E-state index contributed by atoms with van der Waals surface area (Å²) < 4.78 is 13.0. The van der Waals surface area contributed by atoms with E-state index in [1.54, 1.807) is 6.26 Å². The highest BCUT2D eigenvalue weighted by molar-refractivity contribution is 7.86. The van der Waals surface area contributed by atoms with E-state index in [2.05, 4.69) is 11.1 Å². The van der Waals surface area contributed by atoms with E-state index in [0.717, 1.165) is 10.2 Å². The van der Waals surface area contributed by atoms with Gasteiger partial charge in [-0.25, -0.2) is 4.98 Å². The average Bonchev–Trinajstić information content (AvgIpc) is 2.46. The van der Waals surface area contributed by atoms with Gasteiger partial charge in [0.05, 0.1) is 21.0 Å². The molecule has 0 bridgehead atoms. The summed E-state index contributed by atoms with van der Waals surface area (Å²) in [5.74, 6) is 0. The summed E-state index contributed by atoms with van der Waals surface area (Å²) in [6, 6.07) is 6.06. The molecule has 2 aromatic rings. The first-order valence-electron chi connectivity index (χ1n) is 3.87. The second kappa shape index (κ2) is 3.20. The second-order valence-electron chi connectivity index (χ2n) is 2.91. The van der Waals surface area contributed by atoms with Gasteiger partial charge in [-0.3, -0.25) is 4.21 Å². The summed E-state index contributed by atoms with van der Waals surface area (Å²) in [4.78, 5) is 4.27. The standard InChI is InChI=1S/C9H9NOS2/c1-6-3-4-7-8(5-6)12-9(10-7)13(2)11/h3-5H,1-2H3/t13-/m0/s1. The van der Waals surface area contributed by atoms with E-state index in [9.17, 15) is 4.21 Å². The van der Waals surface area contributed by atoms with Gasteiger partial charge in [-0.15, -0.1) is 11.3 Å². The van der Waals surface area contributed by atoms with Gasteiger partial charge in [0.15, 0.2) is 4.34 Å². The third-order valence-corrected chi connectivity index (χ3v) is 4.12. The summed E-state index contributed by atoms with van der Waals surface area (Å²) in [5, 5.41) is 0. The van der Waals surface area contributed by atoms with Gasteiger partial charge in [-0.1, -0.05) is 6.07 Å². The van der Waals surface area contributed by atoms with Crippen LogP contribution in [0.15, 0.2) is 22.5 Å². The Hall–Kier alpha value is -0.740. The molecule has 0 radical (unpaired) electrons. The number of fused-ring (bicyclic) bond motifs is 1. The van der Waals surface area contributed by atoms with Crippen LogP contribution in [0.4, 0.5) is 0 Å². The van der Waals surface area contributed by atoms with Crippen molar-refractivity contribution in [2.45, 2.75) is 11.3 Å². The van der Waals surface area contributed by atoms with Crippen molar-refractivity contribution in [3.8, 4) is 0 Å². The van der Waals surface area contributed by atoms with E-state index < -0.39 is 10.8 Å². The molecule has 0 amide bonds. The van der Waals surface area contributed by atoms with E-state index in [1.165, 1.54) is 16.9 Å². The lowest BCUT2D eigenvalue weighted by Crippen LogP contribution is -1.83. The van der Waals surface area contributed by atoms with Crippen molar-refractivity contribution in [1.29, 1.82) is 0 Å². The average molecular weight is 211 g/mol. The van der Waals surface area contributed by atoms with Crippen molar-refractivity contribution in [2.24, 2.45) is 0 Å². The fourth-order valence-corrected chi connectivity index (χ4v) is 2.89. The van der Waals surface area contributed by atoms with Gasteiger partial charge in [0.25, 0.3) is 0 Å². The highest BCUT2D eigenvalue weighted by Crippen LogP contribution is 2.24. The Morgan fingerprint density at radius 1 is 1.46 bits per heavy atom. The minimum Gasteiger partial charge on any atom is -0.252 e. The molecule has 0 saturated heterocycles. The van der Waals surface area contributed by atoms with Crippen LogP contribution in [0, 0.1) is 6.92 Å². The quantitative estimate of drug-likeness (QED) is 0.724. The Balaban J connectivity index is 2.68. The van der Waals surface area contributed by atoms with Crippen molar-refractivity contribution in [2.75, 3.05) is 6.26 Å². The molecule has 13 heavy (non-hydrogen) atoms. The fraction of sp³-hybridized carbons (Fsp3) is 0.222. The van der Waals surface area contributed by atoms with E-state index in [4.69, 9.17) is 0 Å². The number of aromatic nitrogens is 1. The zero-order valence-electron chi connectivity index (χ0n) is 7.40. The molecule has 4 heteroatoms. The van der Waals surface area contributed by atoms with Crippen LogP contribution in [0.2, 0.25) is 0 Å². The molecule has 1 atom stereocenters. The number of rotatable bonds is 1. The molecule has 0 saturated carbocycles. The number of aryl methyl sites for hydroxylation is 1. The molecule has 1 aromatic heterocycles. The first-order valence-corrected chi connectivity index (χ1v) is 6.25. The van der Waals surface area contributed by atoms with Crippen LogP contribution in [0.25, 0.3) is 10.2 Å². The summed E-state index contributed by atoms with van der Waals surface area (Å²) in [5.41, 5.74) is 2.16. The summed E-state index contributed by atoms with van der Waals surface area (Å²) in [6.45, 7) is 2.04. The minimum atomic E-state index is -0.961. The molecule has 0 aliphatic heterocycles. The molecular weight excluding hydrogens is 202 g/mol. The maximum atomic E-state index is 11.2. The first kappa shape index (κ1) is 8.84. The largest absolute Gasteiger partial charge is 0.252 e. The van der Waals surface area contributed by atoms with E-state index in [1.807, 2.05) is 19.1 Å². The number of benzene rings is 1. The summed E-state index contributed by atoms with van der Waals surface area (Å²) >= 11 is 1.51. The first-order chi connectivity index (χ1) is 6.16. The monoisotopic (exact) mass is 211 g/mol. The van der Waals surface area contributed by atoms with Crippen LogP contribution >= 0.6 is 11.3 Å². The van der Waals surface area contributed by atoms with Crippen LogP contribution in [0.3, 0.4) is 0 Å². The molecule has 0 unspecified atom stereocenters. The normalized spacial score (nSPS) is 13.4. The second-order valence-corrected chi connectivity index (χ2v) is 5.49. The van der Waals surface area contributed by atoms with E-state index >= 15 is 0 Å². The van der Waals surface area contributed by atoms with Crippen LogP contribution in [0.1, 0.15) is 5.56 Å². The third-order valence-electron chi connectivity index (χ3n) is 1.77. The molecule has 0 aliphatic carbocycles. The van der Waals surface area contributed by atoms with Gasteiger partial charge in [0.2, 0.25) is 0 Å². The highest BCUT2D eigenvalue weighted by atomic mass is 32.2. The number of hydrogen-bond acceptors (Lipinski definition) is 3. The predicted octanol–water partition coefficient (Wildman–Crippen LogP) is 2.34. The lowest BCUT2D eigenvalue weighted by molar-refractivity contribution is 0.686. The fourth-order valence-electron chi connectivity index (χ4n) is 1.13. The smallest absolute Gasteiger partial charge is 0.181 e. The molecule has 0 aliphatic rings. The molecule has 0 N–H and O–H groups in total. The molecule has 1 aromatic carbocycles. The van der Waals surface area contributed by atoms with Crippen molar-refractivity contribution < 1.29 is 4.21 Å². The SMILES string of the molecule is Cc1ccc2nc([S@](C)=O)sc2c1. The van der Waals surface area contributed by atoms with Gasteiger partial charge < -0.3 is 0 Å². The Morgan fingerprint density at radius 3 is 2.92 bits per heavy atom. The van der Waals surface area contributed by atoms with Crippen LogP contribution in [0.5, 0.6) is 0 Å². The number of hydrogen-bond donors (Lipinski definition) is 0. The lowest BCUT2D eigenvalue weighted by Gasteiger charge is -1.88. The Kier molecular flexibility index (Phi) is 2.17. The van der Waals surface area contributed by atoms with Crippen molar-refractivity contribution in [1.82, 2.24) is 4.98 Å². The van der Waals surface area contributed by atoms with Gasteiger partial charge >= 0.3 is 0 Å². The van der Waals surface area contributed by atoms with Crippen LogP contribution in [-0.4, -0.2) is 15.4 Å². The van der Waals surface area contributed by atoms with Crippen molar-refractivity contribution in [3.63, 3.8) is 0 Å². The summed E-state index contributed by atoms with van der Waals surface area (Å²) in [6.07, 6.45) is 1.66. The van der Waals surface area contributed by atoms with Crippen molar-refractivity contribution in [3.05, 3.63) is 23.8 Å². The molecule has 0 fully saturated rings. The number of nitrogens with zero attached hydrogens (tertiary/aromatic N) is 1. The van der Waals surface area contributed by atoms with Crippen molar-refractivity contribution >= 4 is 32.4 Å². The molecular formula is C9H9NOS2. The summed E-state index contributed by atoms with van der Waals surface area (Å²) in [7, 11) is -0.961. The van der Waals surface area contributed by atoms with Crippen LogP contribution < -0.4 is 0 Å². The number of thiazole rings is 1. The zero-order valence-corrected chi connectivity index (χ0v) is 9.04. The zero-order chi connectivity index (χ0) is 9.42.